The van der Waals surface area contributed by atoms with Crippen molar-refractivity contribution in [2.45, 2.75) is 20.4 Å². The molecule has 1 amide bonds. The minimum Gasteiger partial charge on any atom is -0.505 e. The molecular formula is C17H19FN2O2. The van der Waals surface area contributed by atoms with Crippen LogP contribution in [-0.4, -0.2) is 17.6 Å². The van der Waals surface area contributed by atoms with Gasteiger partial charge in [-0.1, -0.05) is 24.3 Å². The number of hydrogen-bond donors (Lipinski definition) is 3. The summed E-state index contributed by atoms with van der Waals surface area (Å²) in [7, 11) is 0. The number of aromatic hydroxyl groups is 1. The number of para-hydroxylation sites is 1. The third-order valence-electron chi connectivity index (χ3n) is 3.41. The fourth-order valence-electron chi connectivity index (χ4n) is 2.19. The molecular weight excluding hydrogens is 283 g/mol. The van der Waals surface area contributed by atoms with E-state index >= 15 is 0 Å². The lowest BCUT2D eigenvalue weighted by molar-refractivity contribution is -0.119. The average molecular weight is 302 g/mol. The highest BCUT2D eigenvalue weighted by Crippen LogP contribution is 2.19. The quantitative estimate of drug-likeness (QED) is 0.796. The number of hydrogen-bond acceptors (Lipinski definition) is 3. The number of benzene rings is 2. The molecule has 0 radical (unpaired) electrons. The molecule has 2 aromatic rings. The Bertz CT molecular complexity index is 666. The highest BCUT2D eigenvalue weighted by Gasteiger charge is 2.06. The van der Waals surface area contributed by atoms with Crippen LogP contribution in [0, 0.1) is 19.7 Å². The smallest absolute Gasteiger partial charge is 0.239 e. The third-order valence-corrected chi connectivity index (χ3v) is 3.41. The molecule has 3 N–H and O–H groups in total. The fourth-order valence-corrected chi connectivity index (χ4v) is 2.19. The minimum absolute atomic E-state index is 0.145. The molecule has 0 aliphatic heterocycles. The summed E-state index contributed by atoms with van der Waals surface area (Å²) in [6.07, 6.45) is 0. The first-order chi connectivity index (χ1) is 10.5. The zero-order chi connectivity index (χ0) is 16.1. The number of anilines is 1. The van der Waals surface area contributed by atoms with Crippen LogP contribution in [0.15, 0.2) is 36.4 Å². The molecule has 0 unspecified atom stereocenters. The molecule has 0 saturated heterocycles. The van der Waals surface area contributed by atoms with Gasteiger partial charge in [-0.05, 0) is 42.7 Å². The van der Waals surface area contributed by atoms with E-state index in [0.29, 0.717) is 5.56 Å². The molecule has 2 aromatic carbocycles. The van der Waals surface area contributed by atoms with E-state index in [2.05, 4.69) is 10.6 Å². The van der Waals surface area contributed by atoms with Gasteiger partial charge in [0, 0.05) is 12.2 Å². The summed E-state index contributed by atoms with van der Waals surface area (Å²) in [5.41, 5.74) is 3.70. The molecule has 0 aromatic heterocycles. The van der Waals surface area contributed by atoms with Crippen LogP contribution in [-0.2, 0) is 11.3 Å². The van der Waals surface area contributed by atoms with Crippen LogP contribution in [0.25, 0.3) is 0 Å². The Morgan fingerprint density at radius 1 is 1.18 bits per heavy atom. The standard InChI is InChI=1S/C17H19FN2O2/c1-11-4-3-5-12(2)17(11)20-10-16(22)19-9-13-6-7-15(21)14(18)8-13/h3-8,20-21H,9-10H2,1-2H3,(H,19,22). The monoisotopic (exact) mass is 302 g/mol. The topological polar surface area (TPSA) is 61.4 Å². The summed E-state index contributed by atoms with van der Waals surface area (Å²) in [5, 5.41) is 14.9. The van der Waals surface area contributed by atoms with Crippen molar-refractivity contribution in [2.75, 3.05) is 11.9 Å². The number of carbonyl (C=O) groups excluding carboxylic acids is 1. The Balaban J connectivity index is 1.87. The number of amides is 1. The summed E-state index contributed by atoms with van der Waals surface area (Å²) in [6, 6.07) is 9.96. The van der Waals surface area contributed by atoms with Crippen LogP contribution in [0.1, 0.15) is 16.7 Å². The van der Waals surface area contributed by atoms with Crippen LogP contribution in [0.4, 0.5) is 10.1 Å². The van der Waals surface area contributed by atoms with Crippen molar-refractivity contribution in [1.29, 1.82) is 0 Å². The maximum absolute atomic E-state index is 13.2. The Kier molecular flexibility index (Phi) is 4.99. The lowest BCUT2D eigenvalue weighted by Crippen LogP contribution is -2.29. The van der Waals surface area contributed by atoms with Gasteiger partial charge in [0.1, 0.15) is 0 Å². The first-order valence-electron chi connectivity index (χ1n) is 7.01. The molecule has 0 aliphatic carbocycles. The second-order valence-corrected chi connectivity index (χ2v) is 5.18. The first-order valence-corrected chi connectivity index (χ1v) is 7.01. The van der Waals surface area contributed by atoms with Crippen LogP contribution >= 0.6 is 0 Å². The largest absolute Gasteiger partial charge is 0.505 e. The highest BCUT2D eigenvalue weighted by atomic mass is 19.1. The van der Waals surface area contributed by atoms with Gasteiger partial charge >= 0.3 is 0 Å². The van der Waals surface area contributed by atoms with Gasteiger partial charge in [-0.25, -0.2) is 4.39 Å². The number of nitrogens with one attached hydrogen (secondary N) is 2. The van der Waals surface area contributed by atoms with E-state index < -0.39 is 11.6 Å². The van der Waals surface area contributed by atoms with Crippen LogP contribution in [0.3, 0.4) is 0 Å². The van der Waals surface area contributed by atoms with Crippen molar-refractivity contribution in [2.24, 2.45) is 0 Å². The Morgan fingerprint density at radius 2 is 1.86 bits per heavy atom. The van der Waals surface area contributed by atoms with E-state index in [9.17, 15) is 9.18 Å². The second-order valence-electron chi connectivity index (χ2n) is 5.18. The van der Waals surface area contributed by atoms with Gasteiger partial charge in [0.25, 0.3) is 0 Å². The fraction of sp³-hybridized carbons (Fsp3) is 0.235. The van der Waals surface area contributed by atoms with Crippen LogP contribution in [0.5, 0.6) is 5.75 Å². The number of aryl methyl sites for hydroxylation is 2. The molecule has 0 atom stereocenters. The zero-order valence-corrected chi connectivity index (χ0v) is 12.6. The van der Waals surface area contributed by atoms with Crippen molar-refractivity contribution < 1.29 is 14.3 Å². The maximum atomic E-state index is 13.2. The van der Waals surface area contributed by atoms with Crippen molar-refractivity contribution >= 4 is 11.6 Å². The van der Waals surface area contributed by atoms with Gasteiger partial charge in [-0.2, -0.15) is 0 Å². The number of phenols is 1. The first kappa shape index (κ1) is 15.8. The molecule has 116 valence electrons. The molecule has 2 rings (SSSR count). The number of rotatable bonds is 5. The van der Waals surface area contributed by atoms with Gasteiger partial charge in [0.2, 0.25) is 5.91 Å². The van der Waals surface area contributed by atoms with Gasteiger partial charge in [0.05, 0.1) is 6.54 Å². The van der Waals surface area contributed by atoms with E-state index in [1.54, 1.807) is 6.07 Å². The van der Waals surface area contributed by atoms with E-state index in [1.165, 1.54) is 12.1 Å². The summed E-state index contributed by atoms with van der Waals surface area (Å²) >= 11 is 0. The van der Waals surface area contributed by atoms with E-state index in [1.807, 2.05) is 32.0 Å². The molecule has 0 aliphatic rings. The minimum atomic E-state index is -0.694. The molecule has 5 heteroatoms. The molecule has 22 heavy (non-hydrogen) atoms. The normalized spacial score (nSPS) is 10.3. The highest BCUT2D eigenvalue weighted by molar-refractivity contribution is 5.81. The van der Waals surface area contributed by atoms with E-state index in [-0.39, 0.29) is 19.0 Å². The lowest BCUT2D eigenvalue weighted by Gasteiger charge is -2.12. The summed E-state index contributed by atoms with van der Waals surface area (Å²) in [6.45, 7) is 4.32. The van der Waals surface area contributed by atoms with E-state index in [4.69, 9.17) is 5.11 Å². The average Bonchev–Trinajstić information content (AvgIpc) is 2.48. The van der Waals surface area contributed by atoms with Gasteiger partial charge in [-0.15, -0.1) is 0 Å². The summed E-state index contributed by atoms with van der Waals surface area (Å²) < 4.78 is 13.2. The number of phenolic OH excluding ortho intramolecular Hbond substituents is 1. The van der Waals surface area contributed by atoms with Crippen molar-refractivity contribution in [3.63, 3.8) is 0 Å². The molecule has 0 fully saturated rings. The van der Waals surface area contributed by atoms with Crippen molar-refractivity contribution in [3.05, 3.63) is 58.9 Å². The zero-order valence-electron chi connectivity index (χ0n) is 12.6. The number of halogens is 1. The van der Waals surface area contributed by atoms with Crippen LogP contribution < -0.4 is 10.6 Å². The molecule has 0 spiro atoms. The summed E-state index contributed by atoms with van der Waals surface area (Å²) in [5.74, 6) is -1.27. The molecule has 4 nitrogen and oxygen atoms in total. The molecule has 0 bridgehead atoms. The maximum Gasteiger partial charge on any atom is 0.239 e. The molecule has 0 saturated carbocycles. The lowest BCUT2D eigenvalue weighted by atomic mass is 10.1. The predicted octanol–water partition coefficient (Wildman–Crippen LogP) is 2.88. The van der Waals surface area contributed by atoms with Crippen LogP contribution in [0.2, 0.25) is 0 Å². The van der Waals surface area contributed by atoms with Gasteiger partial charge in [0.15, 0.2) is 11.6 Å². The number of carbonyl (C=O) groups is 1. The van der Waals surface area contributed by atoms with E-state index in [0.717, 1.165) is 16.8 Å². The Morgan fingerprint density at radius 3 is 2.50 bits per heavy atom. The van der Waals surface area contributed by atoms with Gasteiger partial charge in [-0.3, -0.25) is 4.79 Å². The third kappa shape index (κ3) is 3.97. The Labute approximate surface area is 129 Å². The predicted molar refractivity (Wildman–Crippen MR) is 84.3 cm³/mol. The SMILES string of the molecule is Cc1cccc(C)c1NCC(=O)NCc1ccc(O)c(F)c1. The molecule has 0 heterocycles. The second kappa shape index (κ2) is 6.93. The van der Waals surface area contributed by atoms with Crippen molar-refractivity contribution in [3.8, 4) is 5.75 Å². The Hall–Kier alpha value is -2.56. The summed E-state index contributed by atoms with van der Waals surface area (Å²) in [4.78, 5) is 11.8. The van der Waals surface area contributed by atoms with Gasteiger partial charge < -0.3 is 15.7 Å². The van der Waals surface area contributed by atoms with Crippen molar-refractivity contribution in [1.82, 2.24) is 5.32 Å².